The van der Waals surface area contributed by atoms with Crippen molar-refractivity contribution in [3.8, 4) is 0 Å². The first-order valence-corrected chi connectivity index (χ1v) is 12.3. The third-order valence-electron chi connectivity index (χ3n) is 4.84. The smallest absolute Gasteiger partial charge is 0.191 e. The van der Waals surface area contributed by atoms with Crippen LogP contribution in [0.25, 0.3) is 0 Å². The second-order valence-electron chi connectivity index (χ2n) is 7.86. The van der Waals surface area contributed by atoms with E-state index in [1.54, 1.807) is 6.07 Å². The van der Waals surface area contributed by atoms with Gasteiger partial charge in [-0.3, -0.25) is 4.90 Å². The van der Waals surface area contributed by atoms with Crippen molar-refractivity contribution in [1.82, 2.24) is 15.5 Å². The van der Waals surface area contributed by atoms with Gasteiger partial charge in [0.15, 0.2) is 15.8 Å². The molecule has 1 aliphatic rings. The van der Waals surface area contributed by atoms with Crippen LogP contribution in [0, 0.1) is 6.92 Å². The van der Waals surface area contributed by atoms with Crippen molar-refractivity contribution < 1.29 is 13.2 Å². The van der Waals surface area contributed by atoms with Gasteiger partial charge in [0.05, 0.1) is 23.6 Å². The average molecular weight is 425 g/mol. The molecule has 0 radical (unpaired) electrons. The standard InChI is InChI=1S/C21H36N4O3S/c1-6-22-21(23-10-7-11-25-14-17(3)28-18(4)15-25)24-13-19-8-9-20(16(2)12-19)29(5,26)27/h8-9,12,17-18H,6-7,10-11,13-15H2,1-5H3,(H2,22,23,24). The van der Waals surface area contributed by atoms with Gasteiger partial charge in [-0.15, -0.1) is 0 Å². The number of aliphatic imine (C=N–C) groups is 1. The second kappa shape index (κ2) is 10.9. The summed E-state index contributed by atoms with van der Waals surface area (Å²) in [6.45, 7) is 13.3. The topological polar surface area (TPSA) is 83.0 Å². The summed E-state index contributed by atoms with van der Waals surface area (Å²) >= 11 is 0. The van der Waals surface area contributed by atoms with Gasteiger partial charge in [0, 0.05) is 39.0 Å². The monoisotopic (exact) mass is 424 g/mol. The first kappa shape index (κ1) is 23.6. The third-order valence-corrected chi connectivity index (χ3v) is 6.10. The van der Waals surface area contributed by atoms with E-state index in [-0.39, 0.29) is 0 Å². The Kier molecular flexibility index (Phi) is 8.92. The highest BCUT2D eigenvalue weighted by Crippen LogP contribution is 2.17. The molecule has 1 aromatic carbocycles. The van der Waals surface area contributed by atoms with Crippen LogP contribution in [0.1, 0.15) is 38.3 Å². The minimum absolute atomic E-state index is 0.295. The summed E-state index contributed by atoms with van der Waals surface area (Å²) in [4.78, 5) is 7.47. The lowest BCUT2D eigenvalue weighted by Gasteiger charge is -2.35. The van der Waals surface area contributed by atoms with Gasteiger partial charge >= 0.3 is 0 Å². The molecule has 7 nitrogen and oxygen atoms in total. The van der Waals surface area contributed by atoms with E-state index < -0.39 is 9.84 Å². The van der Waals surface area contributed by atoms with Gasteiger partial charge in [-0.1, -0.05) is 12.1 Å². The van der Waals surface area contributed by atoms with Gasteiger partial charge in [-0.25, -0.2) is 13.4 Å². The van der Waals surface area contributed by atoms with E-state index in [9.17, 15) is 8.42 Å². The largest absolute Gasteiger partial charge is 0.373 e. The first-order valence-electron chi connectivity index (χ1n) is 10.4. The van der Waals surface area contributed by atoms with E-state index in [2.05, 4.69) is 34.4 Å². The van der Waals surface area contributed by atoms with Crippen molar-refractivity contribution in [2.45, 2.75) is 57.8 Å². The van der Waals surface area contributed by atoms with Crippen molar-refractivity contribution in [3.05, 3.63) is 29.3 Å². The van der Waals surface area contributed by atoms with Crippen LogP contribution in [0.5, 0.6) is 0 Å². The number of aryl methyl sites for hydroxylation is 1. The molecule has 1 aliphatic heterocycles. The normalized spacial score (nSPS) is 21.2. The van der Waals surface area contributed by atoms with Gasteiger partial charge in [-0.05, 0) is 51.3 Å². The number of nitrogens with one attached hydrogen (secondary N) is 2. The maximum Gasteiger partial charge on any atom is 0.191 e. The molecule has 1 heterocycles. The van der Waals surface area contributed by atoms with Crippen molar-refractivity contribution in [3.63, 3.8) is 0 Å². The summed E-state index contributed by atoms with van der Waals surface area (Å²) in [6, 6.07) is 5.39. The van der Waals surface area contributed by atoms with Crippen LogP contribution in [0.3, 0.4) is 0 Å². The van der Waals surface area contributed by atoms with Crippen molar-refractivity contribution >= 4 is 15.8 Å². The van der Waals surface area contributed by atoms with Crippen LogP contribution in [-0.2, 0) is 21.1 Å². The predicted molar refractivity (Wildman–Crippen MR) is 118 cm³/mol. The number of nitrogens with zero attached hydrogens (tertiary/aromatic N) is 2. The zero-order chi connectivity index (χ0) is 21.4. The van der Waals surface area contributed by atoms with Crippen LogP contribution in [0.2, 0.25) is 0 Å². The van der Waals surface area contributed by atoms with Gasteiger partial charge in [0.25, 0.3) is 0 Å². The predicted octanol–water partition coefficient (Wildman–Crippen LogP) is 1.95. The lowest BCUT2D eigenvalue weighted by molar-refractivity contribution is -0.0679. The molecule has 8 heteroatoms. The molecule has 0 saturated carbocycles. The SMILES string of the molecule is CCNC(=NCc1ccc(S(C)(=O)=O)c(C)c1)NCCCN1CC(C)OC(C)C1. The van der Waals surface area contributed by atoms with Gasteiger partial charge in [-0.2, -0.15) is 0 Å². The number of hydrogen-bond acceptors (Lipinski definition) is 5. The minimum Gasteiger partial charge on any atom is -0.373 e. The van der Waals surface area contributed by atoms with Crippen LogP contribution in [0.15, 0.2) is 28.1 Å². The Morgan fingerprint density at radius 2 is 1.93 bits per heavy atom. The molecule has 0 spiro atoms. The van der Waals surface area contributed by atoms with Crippen LogP contribution in [0.4, 0.5) is 0 Å². The van der Waals surface area contributed by atoms with E-state index in [0.29, 0.717) is 23.6 Å². The Balaban J connectivity index is 1.85. The Bertz CT molecular complexity index is 785. The maximum atomic E-state index is 11.8. The molecule has 164 valence electrons. The van der Waals surface area contributed by atoms with Gasteiger partial charge in [0.2, 0.25) is 0 Å². The first-order chi connectivity index (χ1) is 13.7. The Labute approximate surface area is 175 Å². The Morgan fingerprint density at radius 3 is 2.52 bits per heavy atom. The van der Waals surface area contributed by atoms with Crippen molar-refractivity contribution in [2.24, 2.45) is 4.99 Å². The highest BCUT2D eigenvalue weighted by atomic mass is 32.2. The summed E-state index contributed by atoms with van der Waals surface area (Å²) in [6.07, 6.45) is 2.86. The molecule has 1 aromatic rings. The molecule has 0 aliphatic carbocycles. The van der Waals surface area contributed by atoms with E-state index in [1.165, 1.54) is 6.26 Å². The van der Waals surface area contributed by atoms with Crippen LogP contribution < -0.4 is 10.6 Å². The zero-order valence-electron chi connectivity index (χ0n) is 18.4. The fourth-order valence-corrected chi connectivity index (χ4v) is 4.67. The zero-order valence-corrected chi connectivity index (χ0v) is 19.2. The summed E-state index contributed by atoms with van der Waals surface area (Å²) < 4.78 is 29.3. The molecular formula is C21H36N4O3S. The summed E-state index contributed by atoms with van der Waals surface area (Å²) in [5.41, 5.74) is 1.75. The lowest BCUT2D eigenvalue weighted by Crippen LogP contribution is -2.46. The average Bonchev–Trinajstić information content (AvgIpc) is 2.61. The molecule has 2 rings (SSSR count). The van der Waals surface area contributed by atoms with Crippen molar-refractivity contribution in [1.29, 1.82) is 0 Å². The second-order valence-corrected chi connectivity index (χ2v) is 9.85. The highest BCUT2D eigenvalue weighted by Gasteiger charge is 2.21. The summed E-state index contributed by atoms with van der Waals surface area (Å²) in [7, 11) is -3.19. The molecule has 2 N–H and O–H groups in total. The van der Waals surface area contributed by atoms with E-state index in [1.807, 2.05) is 26.0 Å². The quantitative estimate of drug-likeness (QED) is 0.377. The highest BCUT2D eigenvalue weighted by molar-refractivity contribution is 7.90. The summed E-state index contributed by atoms with van der Waals surface area (Å²) in [5.74, 6) is 0.779. The number of morpholine rings is 1. The van der Waals surface area contributed by atoms with Crippen LogP contribution in [-0.4, -0.2) is 70.5 Å². The molecular weight excluding hydrogens is 388 g/mol. The third kappa shape index (κ3) is 7.95. The number of benzene rings is 1. The number of hydrogen-bond donors (Lipinski definition) is 2. The number of ether oxygens (including phenoxy) is 1. The molecule has 29 heavy (non-hydrogen) atoms. The van der Waals surface area contributed by atoms with E-state index in [0.717, 1.165) is 56.2 Å². The summed E-state index contributed by atoms with van der Waals surface area (Å²) in [5, 5.41) is 6.65. The Hall–Kier alpha value is -1.64. The molecule has 2 atom stereocenters. The number of guanidine groups is 1. The fourth-order valence-electron chi connectivity index (χ4n) is 3.71. The van der Waals surface area contributed by atoms with E-state index in [4.69, 9.17) is 4.74 Å². The lowest BCUT2D eigenvalue weighted by atomic mass is 10.1. The fraction of sp³-hybridized carbons (Fsp3) is 0.667. The molecule has 0 bridgehead atoms. The molecule has 1 saturated heterocycles. The number of sulfone groups is 1. The minimum atomic E-state index is -3.19. The van der Waals surface area contributed by atoms with E-state index >= 15 is 0 Å². The molecule has 0 amide bonds. The number of rotatable bonds is 8. The van der Waals surface area contributed by atoms with Crippen molar-refractivity contribution in [2.75, 3.05) is 39.0 Å². The molecule has 0 aromatic heterocycles. The van der Waals surface area contributed by atoms with Gasteiger partial charge in [0.1, 0.15) is 0 Å². The van der Waals surface area contributed by atoms with Crippen LogP contribution >= 0.6 is 0 Å². The van der Waals surface area contributed by atoms with Gasteiger partial charge < -0.3 is 15.4 Å². The molecule has 2 unspecified atom stereocenters. The maximum absolute atomic E-state index is 11.8. The Morgan fingerprint density at radius 1 is 1.24 bits per heavy atom. The molecule has 1 fully saturated rings.